The van der Waals surface area contributed by atoms with Gasteiger partial charge in [0.15, 0.2) is 0 Å². The van der Waals surface area contributed by atoms with Crippen LogP contribution in [0.5, 0.6) is 0 Å². The fraction of sp³-hybridized carbons (Fsp3) is 1.00. The monoisotopic (exact) mass is 430 g/mol. The van der Waals surface area contributed by atoms with Crippen molar-refractivity contribution < 1.29 is 8.29 Å². The summed E-state index contributed by atoms with van der Waals surface area (Å²) in [7, 11) is -5.00. The van der Waals surface area contributed by atoms with Gasteiger partial charge in [0.2, 0.25) is 0 Å². The summed E-state index contributed by atoms with van der Waals surface area (Å²) < 4.78 is 20.2. The van der Waals surface area contributed by atoms with Crippen molar-refractivity contribution in [3.05, 3.63) is 0 Å². The number of hydrogen-bond donors (Lipinski definition) is 0. The van der Waals surface area contributed by atoms with E-state index in [4.69, 9.17) is 8.29 Å². The van der Waals surface area contributed by atoms with Gasteiger partial charge in [0.25, 0.3) is 0 Å². The molecular formula is C12H34O3Si3Sn. The summed E-state index contributed by atoms with van der Waals surface area (Å²) in [6, 6.07) is 0. The van der Waals surface area contributed by atoms with Crippen molar-refractivity contribution in [2.45, 2.75) is 76.7 Å². The maximum absolute atomic E-state index is 6.61. The van der Waals surface area contributed by atoms with E-state index in [1.54, 1.807) is 0 Å². The molecule has 0 bridgehead atoms. The Hall–Kier alpha value is 1.33. The molecule has 0 aliphatic heterocycles. The second-order valence-corrected chi connectivity index (χ2v) is 33.7. The molecule has 0 radical (unpaired) electrons. The van der Waals surface area contributed by atoms with Crippen LogP contribution in [0.3, 0.4) is 0 Å². The van der Waals surface area contributed by atoms with Crippen molar-refractivity contribution in [3.8, 4) is 0 Å². The third-order valence-corrected chi connectivity index (χ3v) is 31.8. The molecule has 0 aromatic rings. The van der Waals surface area contributed by atoms with Crippen molar-refractivity contribution >= 4 is 44.6 Å². The van der Waals surface area contributed by atoms with Crippen LogP contribution in [0.15, 0.2) is 0 Å². The molecule has 7 heteroatoms. The molecule has 0 aromatic heterocycles. The van der Waals surface area contributed by atoms with E-state index in [0.29, 0.717) is 3.93 Å². The number of hydrogen-bond acceptors (Lipinski definition) is 3. The first-order valence-corrected chi connectivity index (χ1v) is 22.5. The van der Waals surface area contributed by atoms with Gasteiger partial charge in [-0.25, -0.2) is 0 Å². The summed E-state index contributed by atoms with van der Waals surface area (Å²) in [6.45, 7) is 24.6. The second kappa shape index (κ2) is 6.62. The van der Waals surface area contributed by atoms with Crippen molar-refractivity contribution in [1.29, 1.82) is 0 Å². The van der Waals surface area contributed by atoms with E-state index >= 15 is 0 Å². The van der Waals surface area contributed by atoms with E-state index in [1.165, 1.54) is 0 Å². The maximum atomic E-state index is 6.61. The molecule has 0 aromatic carbocycles. The summed E-state index contributed by atoms with van der Waals surface area (Å²) in [5.74, 6) is 0. The summed E-state index contributed by atoms with van der Waals surface area (Å²) in [5, 5.41) is 0. The van der Waals surface area contributed by atoms with Crippen molar-refractivity contribution in [3.63, 3.8) is 0 Å². The average Bonchev–Trinajstić information content (AvgIpc) is 1.91. The molecule has 0 aliphatic carbocycles. The van der Waals surface area contributed by atoms with Crippen LogP contribution < -0.4 is 0 Å². The van der Waals surface area contributed by atoms with Crippen LogP contribution in [0.4, 0.5) is 0 Å². The molecule has 116 valence electrons. The van der Waals surface area contributed by atoms with Gasteiger partial charge in [0.1, 0.15) is 0 Å². The fourth-order valence-corrected chi connectivity index (χ4v) is 36.7. The van der Waals surface area contributed by atoms with Gasteiger partial charge in [0.05, 0.1) is 0 Å². The molecule has 0 fully saturated rings. The molecule has 0 aliphatic rings. The quantitative estimate of drug-likeness (QED) is 0.540. The molecular weight excluding hydrogens is 395 g/mol. The van der Waals surface area contributed by atoms with Crippen molar-refractivity contribution in [1.82, 2.24) is 0 Å². The molecule has 19 heavy (non-hydrogen) atoms. The summed E-state index contributed by atoms with van der Waals surface area (Å²) in [4.78, 5) is 0. The molecule has 0 spiro atoms. The summed E-state index contributed by atoms with van der Waals surface area (Å²) in [5.41, 5.74) is 0. The predicted molar refractivity (Wildman–Crippen MR) is 94.1 cm³/mol. The second-order valence-electron chi connectivity index (χ2n) is 8.40. The molecule has 0 saturated carbocycles. The summed E-state index contributed by atoms with van der Waals surface area (Å²) >= 11 is -3.48. The van der Waals surface area contributed by atoms with Gasteiger partial charge in [-0.05, 0) is 0 Å². The Labute approximate surface area is 129 Å². The number of rotatable bonds is 7. The normalized spacial score (nSPS) is 15.2. The molecule has 0 rings (SSSR count). The van der Waals surface area contributed by atoms with Crippen LogP contribution in [-0.4, -0.2) is 44.6 Å². The molecule has 3 nitrogen and oxygen atoms in total. The average molecular weight is 429 g/mol. The van der Waals surface area contributed by atoms with Crippen LogP contribution in [0.2, 0.25) is 62.9 Å². The topological polar surface area (TPSA) is 27.7 Å². The van der Waals surface area contributed by atoms with E-state index in [9.17, 15) is 0 Å². The zero-order chi connectivity index (χ0) is 15.7. The van der Waals surface area contributed by atoms with Gasteiger partial charge in [0, 0.05) is 0 Å². The minimum atomic E-state index is -3.48. The van der Waals surface area contributed by atoms with Crippen molar-refractivity contribution in [2.24, 2.45) is 0 Å². The minimum absolute atomic E-state index is 0.388. The van der Waals surface area contributed by atoms with E-state index in [0.717, 1.165) is 0 Å². The first kappa shape index (κ1) is 20.3. The third-order valence-electron chi connectivity index (χ3n) is 2.05. The van der Waals surface area contributed by atoms with Gasteiger partial charge in [-0.15, -0.1) is 0 Å². The van der Waals surface area contributed by atoms with E-state index in [2.05, 4.69) is 72.8 Å². The fourth-order valence-electron chi connectivity index (χ4n) is 1.70. The zero-order valence-corrected chi connectivity index (χ0v) is 20.7. The first-order valence-electron chi connectivity index (χ1n) is 7.17. The zero-order valence-electron chi connectivity index (χ0n) is 14.8. The van der Waals surface area contributed by atoms with Crippen molar-refractivity contribution in [2.75, 3.05) is 0 Å². The standard InChI is InChI=1S/3C3H9OSi.C3H7.Sn/c3*1-5(2,3)4;1-3-2;/h3*1-3H3;3H,1-2H3;/q3*-1;;+3. The van der Waals surface area contributed by atoms with Gasteiger partial charge in [-0.1, -0.05) is 0 Å². The van der Waals surface area contributed by atoms with Crippen LogP contribution in [0, 0.1) is 0 Å². The Morgan fingerprint density at radius 3 is 0.895 bits per heavy atom. The van der Waals surface area contributed by atoms with Gasteiger partial charge in [-0.3, -0.25) is 0 Å². The SMILES string of the molecule is C[CH](C)[Sn]([O][Si](C)(C)C)([O][Si](C)(C)C)[O][Si](C)(C)C. The molecule has 0 heterocycles. The Kier molecular flexibility index (Phi) is 7.08. The van der Waals surface area contributed by atoms with Crippen LogP contribution in [0.1, 0.15) is 13.8 Å². The first-order chi connectivity index (χ1) is 8.06. The predicted octanol–water partition coefficient (Wildman–Crippen LogP) is 4.89. The molecule has 0 N–H and O–H groups in total. The van der Waals surface area contributed by atoms with Crippen LogP contribution in [0.25, 0.3) is 0 Å². The van der Waals surface area contributed by atoms with E-state index in [-0.39, 0.29) is 0 Å². The van der Waals surface area contributed by atoms with Gasteiger partial charge >= 0.3 is 130 Å². The Balaban J connectivity index is 5.48. The Morgan fingerprint density at radius 2 is 0.789 bits per heavy atom. The molecule has 0 atom stereocenters. The van der Waals surface area contributed by atoms with Gasteiger partial charge in [-0.2, -0.15) is 0 Å². The van der Waals surface area contributed by atoms with E-state index < -0.39 is 44.6 Å². The third kappa shape index (κ3) is 9.05. The molecule has 0 saturated heterocycles. The van der Waals surface area contributed by atoms with Crippen LogP contribution >= 0.6 is 0 Å². The molecule has 0 unspecified atom stereocenters. The Morgan fingerprint density at radius 1 is 0.579 bits per heavy atom. The Bertz CT molecular complexity index is 249. The molecule has 0 amide bonds. The summed E-state index contributed by atoms with van der Waals surface area (Å²) in [6.07, 6.45) is 0. The van der Waals surface area contributed by atoms with Crippen LogP contribution in [-0.2, 0) is 8.29 Å². The van der Waals surface area contributed by atoms with E-state index in [1.807, 2.05) is 0 Å². The van der Waals surface area contributed by atoms with Gasteiger partial charge < -0.3 is 0 Å².